The van der Waals surface area contributed by atoms with Gasteiger partial charge >= 0.3 is 0 Å². The molecular weight excluding hydrogens is 287 g/mol. The number of furan rings is 1. The second kappa shape index (κ2) is 5.97. The number of benzene rings is 1. The summed E-state index contributed by atoms with van der Waals surface area (Å²) in [6, 6.07) is 7.14. The van der Waals surface area contributed by atoms with E-state index in [1.807, 2.05) is 19.2 Å². The van der Waals surface area contributed by atoms with Crippen LogP contribution in [0.1, 0.15) is 16.0 Å². The summed E-state index contributed by atoms with van der Waals surface area (Å²) in [6.45, 7) is 1.86. The van der Waals surface area contributed by atoms with Crippen LogP contribution in [0.3, 0.4) is 0 Å². The third-order valence-corrected chi connectivity index (χ3v) is 4.71. The molecule has 21 heavy (non-hydrogen) atoms. The molecule has 5 heteroatoms. The Labute approximate surface area is 126 Å². The van der Waals surface area contributed by atoms with E-state index in [9.17, 15) is 4.39 Å². The van der Waals surface area contributed by atoms with Crippen LogP contribution in [0, 0.1) is 5.82 Å². The predicted octanol–water partition coefficient (Wildman–Crippen LogP) is 3.72. The van der Waals surface area contributed by atoms with Crippen molar-refractivity contribution in [1.29, 1.82) is 0 Å². The third-order valence-electron chi connectivity index (χ3n) is 3.49. The van der Waals surface area contributed by atoms with Gasteiger partial charge in [-0.3, -0.25) is 4.90 Å². The van der Waals surface area contributed by atoms with Gasteiger partial charge in [-0.1, -0.05) is 6.07 Å². The van der Waals surface area contributed by atoms with E-state index in [1.54, 1.807) is 29.9 Å². The number of hydrogen-bond donors (Lipinski definition) is 1. The van der Waals surface area contributed by atoms with Crippen LogP contribution in [0.25, 0.3) is 10.1 Å². The van der Waals surface area contributed by atoms with Crippen molar-refractivity contribution < 1.29 is 8.81 Å². The van der Waals surface area contributed by atoms with Crippen molar-refractivity contribution in [2.75, 3.05) is 7.05 Å². The number of hydrogen-bond acceptors (Lipinski definition) is 4. The molecule has 110 valence electrons. The molecule has 0 radical (unpaired) electrons. The molecule has 0 unspecified atom stereocenters. The maximum Gasteiger partial charge on any atom is 0.132 e. The summed E-state index contributed by atoms with van der Waals surface area (Å²) in [6.07, 6.45) is 3.39. The van der Waals surface area contributed by atoms with Crippen LogP contribution in [-0.2, 0) is 19.6 Å². The van der Waals surface area contributed by atoms with Crippen molar-refractivity contribution in [1.82, 2.24) is 4.90 Å². The molecular formula is C16H17FN2OS. The minimum atomic E-state index is -0.171. The summed E-state index contributed by atoms with van der Waals surface area (Å²) in [5.41, 5.74) is 7.94. The zero-order valence-corrected chi connectivity index (χ0v) is 12.6. The maximum absolute atomic E-state index is 14.2. The van der Waals surface area contributed by atoms with E-state index < -0.39 is 0 Å². The fourth-order valence-electron chi connectivity index (χ4n) is 2.57. The molecule has 2 aromatic heterocycles. The van der Waals surface area contributed by atoms with Crippen molar-refractivity contribution in [3.05, 3.63) is 58.6 Å². The molecule has 0 aliphatic carbocycles. The second-order valence-corrected chi connectivity index (χ2v) is 6.26. The molecule has 0 fully saturated rings. The van der Waals surface area contributed by atoms with Gasteiger partial charge in [-0.05, 0) is 30.8 Å². The van der Waals surface area contributed by atoms with Crippen molar-refractivity contribution in [2.24, 2.45) is 5.73 Å². The first-order chi connectivity index (χ1) is 10.2. The fraction of sp³-hybridized carbons (Fsp3) is 0.250. The van der Waals surface area contributed by atoms with Crippen LogP contribution >= 0.6 is 11.3 Å². The highest BCUT2D eigenvalue weighted by Crippen LogP contribution is 2.33. The molecule has 0 saturated heterocycles. The number of nitrogens with two attached hydrogens (primary N) is 1. The summed E-state index contributed by atoms with van der Waals surface area (Å²) in [5.74, 6) is -0.171. The number of rotatable bonds is 5. The van der Waals surface area contributed by atoms with Crippen LogP contribution in [-0.4, -0.2) is 11.9 Å². The molecule has 3 nitrogen and oxygen atoms in total. The molecule has 3 aromatic rings. The van der Waals surface area contributed by atoms with E-state index in [0.29, 0.717) is 18.5 Å². The van der Waals surface area contributed by atoms with E-state index >= 15 is 0 Å². The molecule has 0 saturated carbocycles. The first-order valence-corrected chi connectivity index (χ1v) is 7.59. The van der Waals surface area contributed by atoms with Crippen molar-refractivity contribution in [2.45, 2.75) is 19.6 Å². The van der Waals surface area contributed by atoms with E-state index in [-0.39, 0.29) is 5.82 Å². The minimum Gasteiger partial charge on any atom is -0.472 e. The minimum absolute atomic E-state index is 0.171. The molecule has 0 amide bonds. The molecule has 1 aromatic carbocycles. The Morgan fingerprint density at radius 1 is 1.29 bits per heavy atom. The normalized spacial score (nSPS) is 11.6. The first kappa shape index (κ1) is 14.3. The summed E-state index contributed by atoms with van der Waals surface area (Å²) in [5, 5.41) is 0.710. The van der Waals surface area contributed by atoms with Crippen molar-refractivity contribution in [3.8, 4) is 0 Å². The average Bonchev–Trinajstić information content (AvgIpc) is 3.07. The van der Waals surface area contributed by atoms with E-state index in [0.717, 1.165) is 27.2 Å². The van der Waals surface area contributed by atoms with Gasteiger partial charge in [0.1, 0.15) is 5.82 Å². The van der Waals surface area contributed by atoms with Crippen molar-refractivity contribution in [3.63, 3.8) is 0 Å². The number of halogens is 1. The average molecular weight is 304 g/mol. The largest absolute Gasteiger partial charge is 0.472 e. The fourth-order valence-corrected chi connectivity index (χ4v) is 3.68. The van der Waals surface area contributed by atoms with Gasteiger partial charge in [-0.2, -0.15) is 0 Å². The SMILES string of the molecule is CN(Cc1ccoc1)Cc1c(CN)sc2cccc(F)c12. The summed E-state index contributed by atoms with van der Waals surface area (Å²) < 4.78 is 20.2. The summed E-state index contributed by atoms with van der Waals surface area (Å²) in [7, 11) is 2.01. The monoisotopic (exact) mass is 304 g/mol. The summed E-state index contributed by atoms with van der Waals surface area (Å²) >= 11 is 1.58. The second-order valence-electron chi connectivity index (χ2n) is 5.12. The number of fused-ring (bicyclic) bond motifs is 1. The number of nitrogens with zero attached hydrogens (tertiary/aromatic N) is 1. The van der Waals surface area contributed by atoms with Gasteiger partial charge < -0.3 is 10.2 Å². The quantitative estimate of drug-likeness (QED) is 0.781. The molecule has 0 bridgehead atoms. The van der Waals surface area contributed by atoms with Gasteiger partial charge in [-0.25, -0.2) is 4.39 Å². The van der Waals surface area contributed by atoms with Crippen LogP contribution < -0.4 is 5.73 Å². The van der Waals surface area contributed by atoms with Gasteiger partial charge in [0.2, 0.25) is 0 Å². The molecule has 2 N–H and O–H groups in total. The predicted molar refractivity (Wildman–Crippen MR) is 83.6 cm³/mol. The van der Waals surface area contributed by atoms with Gasteiger partial charge in [-0.15, -0.1) is 11.3 Å². The molecule has 0 aliphatic rings. The third kappa shape index (κ3) is 2.85. The van der Waals surface area contributed by atoms with Gasteiger partial charge in [0.05, 0.1) is 12.5 Å². The Morgan fingerprint density at radius 3 is 2.86 bits per heavy atom. The highest BCUT2D eigenvalue weighted by Gasteiger charge is 2.16. The Hall–Kier alpha value is -1.69. The van der Waals surface area contributed by atoms with Gasteiger partial charge in [0.25, 0.3) is 0 Å². The van der Waals surface area contributed by atoms with E-state index in [4.69, 9.17) is 10.2 Å². The highest BCUT2D eigenvalue weighted by molar-refractivity contribution is 7.19. The molecule has 3 rings (SSSR count). The highest BCUT2D eigenvalue weighted by atomic mass is 32.1. The first-order valence-electron chi connectivity index (χ1n) is 6.77. The van der Waals surface area contributed by atoms with Crippen LogP contribution in [0.4, 0.5) is 4.39 Å². The smallest absolute Gasteiger partial charge is 0.132 e. The number of thiophene rings is 1. The van der Waals surface area contributed by atoms with E-state index in [2.05, 4.69) is 4.90 Å². The van der Waals surface area contributed by atoms with Crippen molar-refractivity contribution >= 4 is 21.4 Å². The van der Waals surface area contributed by atoms with Crippen LogP contribution in [0.15, 0.2) is 41.2 Å². The standard InChI is InChI=1S/C16H17FN2OS/c1-19(8-11-5-6-20-10-11)9-12-15(7-18)21-14-4-2-3-13(17)16(12)14/h2-6,10H,7-9,18H2,1H3. The van der Waals surface area contributed by atoms with Crippen LogP contribution in [0.5, 0.6) is 0 Å². The zero-order valence-electron chi connectivity index (χ0n) is 11.8. The lowest BCUT2D eigenvalue weighted by molar-refractivity contribution is 0.318. The summed E-state index contributed by atoms with van der Waals surface area (Å²) in [4.78, 5) is 3.19. The lowest BCUT2D eigenvalue weighted by Gasteiger charge is -2.16. The molecule has 0 aliphatic heterocycles. The molecule has 2 heterocycles. The lowest BCUT2D eigenvalue weighted by atomic mass is 10.1. The zero-order chi connectivity index (χ0) is 14.8. The van der Waals surface area contributed by atoms with Crippen LogP contribution in [0.2, 0.25) is 0 Å². The lowest BCUT2D eigenvalue weighted by Crippen LogP contribution is -2.18. The Morgan fingerprint density at radius 2 is 2.14 bits per heavy atom. The topological polar surface area (TPSA) is 42.4 Å². The molecule has 0 spiro atoms. The Bertz CT molecular complexity index is 736. The van der Waals surface area contributed by atoms with Gasteiger partial charge in [0.15, 0.2) is 0 Å². The maximum atomic E-state index is 14.2. The van der Waals surface area contributed by atoms with E-state index in [1.165, 1.54) is 6.07 Å². The Kier molecular flexibility index (Phi) is 4.05. The Balaban J connectivity index is 1.92. The molecule has 0 atom stereocenters. The van der Waals surface area contributed by atoms with Gasteiger partial charge in [0, 0.05) is 40.2 Å².